The summed E-state index contributed by atoms with van der Waals surface area (Å²) in [5.74, 6) is -0.874. The van der Waals surface area contributed by atoms with Gasteiger partial charge in [0.15, 0.2) is 0 Å². The molecule has 1 saturated carbocycles. The molecule has 0 aromatic heterocycles. The van der Waals surface area contributed by atoms with Crippen LogP contribution in [0.5, 0.6) is 0 Å². The molecule has 1 fully saturated rings. The number of rotatable bonds is 8. The van der Waals surface area contributed by atoms with Crippen LogP contribution in [0.1, 0.15) is 51.0 Å². The zero-order valence-corrected chi connectivity index (χ0v) is 14.6. The van der Waals surface area contributed by atoms with Gasteiger partial charge in [0.2, 0.25) is 11.8 Å². The molecule has 2 amide bonds. The van der Waals surface area contributed by atoms with Crippen LogP contribution in [0, 0.1) is 5.92 Å². The van der Waals surface area contributed by atoms with Gasteiger partial charge >= 0.3 is 5.97 Å². The summed E-state index contributed by atoms with van der Waals surface area (Å²) in [4.78, 5) is 34.9. The average molecular weight is 346 g/mol. The molecule has 6 heteroatoms. The maximum absolute atomic E-state index is 12.1. The number of hydrogen-bond donors (Lipinski definition) is 3. The first-order valence-corrected chi connectivity index (χ1v) is 8.85. The van der Waals surface area contributed by atoms with Crippen LogP contribution in [0.25, 0.3) is 0 Å². The number of aryl methyl sites for hydroxylation is 1. The van der Waals surface area contributed by atoms with Crippen LogP contribution in [-0.2, 0) is 20.8 Å². The Labute approximate surface area is 148 Å². The summed E-state index contributed by atoms with van der Waals surface area (Å²) in [6.07, 6.45) is 4.77. The first-order valence-electron chi connectivity index (χ1n) is 8.85. The highest BCUT2D eigenvalue weighted by Gasteiger charge is 2.24. The van der Waals surface area contributed by atoms with E-state index in [0.717, 1.165) is 31.2 Å². The van der Waals surface area contributed by atoms with Crippen LogP contribution < -0.4 is 10.6 Å². The minimum Gasteiger partial charge on any atom is -0.481 e. The van der Waals surface area contributed by atoms with Crippen LogP contribution in [-0.4, -0.2) is 28.9 Å². The minimum absolute atomic E-state index is 0.0495. The largest absolute Gasteiger partial charge is 0.481 e. The Bertz CT molecular complexity index is 624. The van der Waals surface area contributed by atoms with E-state index in [1.54, 1.807) is 18.2 Å². The Balaban J connectivity index is 1.79. The monoisotopic (exact) mass is 346 g/mol. The van der Waals surface area contributed by atoms with Gasteiger partial charge in [-0.3, -0.25) is 14.4 Å². The Morgan fingerprint density at radius 3 is 2.64 bits per heavy atom. The topological polar surface area (TPSA) is 95.5 Å². The average Bonchev–Trinajstić information content (AvgIpc) is 3.07. The molecule has 136 valence electrons. The standard InChI is InChI=1S/C19H26N2O4/c1-13(20-19(25)15-6-2-3-7-15)11-17(22)21-16-8-4-5-14(12-16)9-10-18(23)24/h4-5,8,12-13,15H,2-3,6-7,9-11H2,1H3,(H,20,25)(H,21,22)(H,23,24). The normalized spacial score (nSPS) is 15.6. The summed E-state index contributed by atoms with van der Waals surface area (Å²) >= 11 is 0. The summed E-state index contributed by atoms with van der Waals surface area (Å²) in [7, 11) is 0. The second kappa shape index (κ2) is 9.20. The number of anilines is 1. The number of carboxylic acid groups (broad SMARTS) is 1. The lowest BCUT2D eigenvalue weighted by atomic mass is 10.1. The van der Waals surface area contributed by atoms with Gasteiger partial charge in [-0.1, -0.05) is 25.0 Å². The van der Waals surface area contributed by atoms with Crippen LogP contribution in [0.4, 0.5) is 5.69 Å². The van der Waals surface area contributed by atoms with E-state index in [2.05, 4.69) is 10.6 Å². The Morgan fingerprint density at radius 1 is 1.24 bits per heavy atom. The highest BCUT2D eigenvalue weighted by molar-refractivity contribution is 5.91. The molecule has 1 unspecified atom stereocenters. The Hall–Kier alpha value is -2.37. The summed E-state index contributed by atoms with van der Waals surface area (Å²) < 4.78 is 0. The lowest BCUT2D eigenvalue weighted by Crippen LogP contribution is -2.38. The van der Waals surface area contributed by atoms with E-state index in [-0.39, 0.29) is 36.6 Å². The molecule has 0 bridgehead atoms. The molecule has 3 N–H and O–H groups in total. The molecular weight excluding hydrogens is 320 g/mol. The zero-order valence-electron chi connectivity index (χ0n) is 14.6. The number of benzene rings is 1. The van der Waals surface area contributed by atoms with Crippen LogP contribution in [0.2, 0.25) is 0 Å². The van der Waals surface area contributed by atoms with E-state index in [1.807, 2.05) is 13.0 Å². The number of aliphatic carboxylic acids is 1. The number of amides is 2. The van der Waals surface area contributed by atoms with Gasteiger partial charge in [-0.2, -0.15) is 0 Å². The van der Waals surface area contributed by atoms with Crippen LogP contribution in [0.3, 0.4) is 0 Å². The maximum Gasteiger partial charge on any atom is 0.303 e. The fraction of sp³-hybridized carbons (Fsp3) is 0.526. The fourth-order valence-corrected chi connectivity index (χ4v) is 3.15. The first kappa shape index (κ1) is 19.0. The van der Waals surface area contributed by atoms with E-state index in [4.69, 9.17) is 5.11 Å². The van der Waals surface area contributed by atoms with Crippen molar-refractivity contribution in [2.75, 3.05) is 5.32 Å². The molecule has 1 aromatic rings. The molecule has 0 radical (unpaired) electrons. The summed E-state index contributed by atoms with van der Waals surface area (Å²) in [5, 5.41) is 14.5. The summed E-state index contributed by atoms with van der Waals surface area (Å²) in [5.41, 5.74) is 1.50. The summed E-state index contributed by atoms with van der Waals surface area (Å²) in [6, 6.07) is 6.96. The molecule has 25 heavy (non-hydrogen) atoms. The van der Waals surface area contributed by atoms with E-state index < -0.39 is 5.97 Å². The molecule has 0 spiro atoms. The van der Waals surface area contributed by atoms with Gasteiger partial charge in [-0.15, -0.1) is 0 Å². The highest BCUT2D eigenvalue weighted by Crippen LogP contribution is 2.24. The van der Waals surface area contributed by atoms with Gasteiger partial charge in [0, 0.05) is 30.5 Å². The summed E-state index contributed by atoms with van der Waals surface area (Å²) in [6.45, 7) is 1.83. The van der Waals surface area contributed by atoms with Crippen molar-refractivity contribution in [2.45, 2.75) is 57.9 Å². The number of carboxylic acids is 1. The molecule has 1 aromatic carbocycles. The Morgan fingerprint density at radius 2 is 1.96 bits per heavy atom. The lowest BCUT2D eigenvalue weighted by molar-refractivity contribution is -0.137. The molecule has 0 saturated heterocycles. The molecule has 0 heterocycles. The number of nitrogens with one attached hydrogen (secondary N) is 2. The van der Waals surface area contributed by atoms with E-state index >= 15 is 0 Å². The third-order valence-corrected chi connectivity index (χ3v) is 4.44. The molecule has 2 rings (SSSR count). The van der Waals surface area contributed by atoms with Gasteiger partial charge < -0.3 is 15.7 Å². The van der Waals surface area contributed by atoms with Gasteiger partial charge in [-0.05, 0) is 43.9 Å². The zero-order chi connectivity index (χ0) is 18.2. The third-order valence-electron chi connectivity index (χ3n) is 4.44. The molecular formula is C19H26N2O4. The second-order valence-electron chi connectivity index (χ2n) is 6.74. The number of carbonyl (C=O) groups is 3. The third kappa shape index (κ3) is 6.57. The molecule has 6 nitrogen and oxygen atoms in total. The minimum atomic E-state index is -0.846. The van der Waals surface area contributed by atoms with Crippen molar-refractivity contribution in [3.63, 3.8) is 0 Å². The van der Waals surface area contributed by atoms with Gasteiger partial charge in [0.25, 0.3) is 0 Å². The van der Waals surface area contributed by atoms with E-state index in [1.165, 1.54) is 0 Å². The fourth-order valence-electron chi connectivity index (χ4n) is 3.15. The van der Waals surface area contributed by atoms with Crippen molar-refractivity contribution in [2.24, 2.45) is 5.92 Å². The maximum atomic E-state index is 12.1. The van der Waals surface area contributed by atoms with Gasteiger partial charge in [0.05, 0.1) is 0 Å². The highest BCUT2D eigenvalue weighted by atomic mass is 16.4. The quantitative estimate of drug-likeness (QED) is 0.674. The van der Waals surface area contributed by atoms with Gasteiger partial charge in [0.1, 0.15) is 0 Å². The SMILES string of the molecule is CC(CC(=O)Nc1cccc(CCC(=O)O)c1)NC(=O)C1CCCC1. The molecule has 1 atom stereocenters. The van der Waals surface area contributed by atoms with Crippen LogP contribution >= 0.6 is 0 Å². The number of carbonyl (C=O) groups excluding carboxylic acids is 2. The molecule has 0 aliphatic heterocycles. The van der Waals surface area contributed by atoms with Gasteiger partial charge in [-0.25, -0.2) is 0 Å². The first-order chi connectivity index (χ1) is 11.9. The van der Waals surface area contributed by atoms with Crippen molar-refractivity contribution in [1.29, 1.82) is 0 Å². The molecule has 1 aliphatic carbocycles. The van der Waals surface area contributed by atoms with Crippen molar-refractivity contribution >= 4 is 23.5 Å². The predicted octanol–water partition coefficient (Wildman–Crippen LogP) is 2.73. The smallest absolute Gasteiger partial charge is 0.303 e. The van der Waals surface area contributed by atoms with E-state index in [0.29, 0.717) is 12.1 Å². The Kier molecular flexibility index (Phi) is 6.98. The van der Waals surface area contributed by atoms with Crippen molar-refractivity contribution in [1.82, 2.24) is 5.32 Å². The molecule has 1 aliphatic rings. The lowest BCUT2D eigenvalue weighted by Gasteiger charge is -2.17. The predicted molar refractivity (Wildman–Crippen MR) is 95.2 cm³/mol. The van der Waals surface area contributed by atoms with E-state index in [9.17, 15) is 14.4 Å². The van der Waals surface area contributed by atoms with Crippen molar-refractivity contribution in [3.8, 4) is 0 Å². The van der Waals surface area contributed by atoms with Crippen LogP contribution in [0.15, 0.2) is 24.3 Å². The second-order valence-corrected chi connectivity index (χ2v) is 6.74. The van der Waals surface area contributed by atoms with Crippen molar-refractivity contribution in [3.05, 3.63) is 29.8 Å². The number of hydrogen-bond acceptors (Lipinski definition) is 3. The van der Waals surface area contributed by atoms with Crippen molar-refractivity contribution < 1.29 is 19.5 Å².